The molecule has 0 heterocycles. The lowest BCUT2D eigenvalue weighted by molar-refractivity contribution is 0.652. The van der Waals surface area contributed by atoms with Crippen LogP contribution in [0.2, 0.25) is 0 Å². The van der Waals surface area contributed by atoms with E-state index in [4.69, 9.17) is 4.55 Å². The van der Waals surface area contributed by atoms with Crippen LogP contribution >= 0.6 is 12.0 Å². The quantitative estimate of drug-likeness (QED) is 0.400. The Hall–Kier alpha value is 0.0500. The van der Waals surface area contributed by atoms with Crippen molar-refractivity contribution in [3.63, 3.8) is 0 Å². The van der Waals surface area contributed by atoms with Crippen molar-refractivity contribution < 1.29 is 4.55 Å². The molecule has 0 aromatic heterocycles. The van der Waals surface area contributed by atoms with E-state index in [-0.39, 0.29) is 0 Å². The second kappa shape index (κ2) is 1.67. The van der Waals surface area contributed by atoms with Crippen LogP contribution < -0.4 is 0 Å². The fraction of sp³-hybridized carbons (Fsp3) is 0.500. The van der Waals surface area contributed by atoms with Gasteiger partial charge in [-0.2, -0.15) is 0 Å². The zero-order valence-electron chi connectivity index (χ0n) is 3.29. The Morgan fingerprint density at radius 1 is 1.83 bits per heavy atom. The first kappa shape index (κ1) is 4.22. The largest absolute Gasteiger partial charge is 0.329 e. The van der Waals surface area contributed by atoms with Crippen LogP contribution in [0.4, 0.5) is 0 Å². The number of rotatable bonds is 1. The Morgan fingerprint density at radius 2 is 2.50 bits per heavy atom. The van der Waals surface area contributed by atoms with Crippen molar-refractivity contribution in [2.24, 2.45) is 0 Å². The average Bonchev–Trinajstić information content (AvgIpc) is 1.31. The fourth-order valence-corrected chi connectivity index (χ4v) is 0.704. The Morgan fingerprint density at radius 3 is 2.50 bits per heavy atom. The second-order valence-corrected chi connectivity index (χ2v) is 2.12. The van der Waals surface area contributed by atoms with Crippen molar-refractivity contribution in [1.29, 1.82) is 0 Å². The Labute approximate surface area is 41.3 Å². The van der Waals surface area contributed by atoms with Crippen molar-refractivity contribution in [2.75, 3.05) is 0 Å². The molecule has 0 saturated heterocycles. The summed E-state index contributed by atoms with van der Waals surface area (Å²) in [5.41, 5.74) is 0. The van der Waals surface area contributed by atoms with Crippen LogP contribution in [0.3, 0.4) is 0 Å². The van der Waals surface area contributed by atoms with Crippen LogP contribution in [0, 0.1) is 0 Å². The molecule has 0 aromatic rings. The lowest BCUT2D eigenvalue weighted by Crippen LogP contribution is -2.02. The molecule has 0 radical (unpaired) electrons. The molecule has 0 bridgehead atoms. The first-order chi connectivity index (χ1) is 2.93. The van der Waals surface area contributed by atoms with E-state index in [0.29, 0.717) is 5.25 Å². The highest BCUT2D eigenvalue weighted by atomic mass is 32.2. The molecule has 0 amide bonds. The molecule has 1 atom stereocenters. The Kier molecular flexibility index (Phi) is 1.17. The highest BCUT2D eigenvalue weighted by Crippen LogP contribution is 2.19. The van der Waals surface area contributed by atoms with E-state index >= 15 is 0 Å². The molecule has 1 aliphatic carbocycles. The van der Waals surface area contributed by atoms with Gasteiger partial charge in [0.25, 0.3) is 0 Å². The highest BCUT2D eigenvalue weighted by molar-refractivity contribution is 7.94. The van der Waals surface area contributed by atoms with Gasteiger partial charge in [0.1, 0.15) is 0 Å². The first-order valence-electron chi connectivity index (χ1n) is 1.90. The molecule has 0 aliphatic heterocycles. The van der Waals surface area contributed by atoms with E-state index in [2.05, 4.69) is 0 Å². The third kappa shape index (κ3) is 0.581. The lowest BCUT2D eigenvalue weighted by Gasteiger charge is -2.10. The summed E-state index contributed by atoms with van der Waals surface area (Å²) >= 11 is 0.925. The maximum Gasteiger partial charge on any atom is 0.0522 e. The van der Waals surface area contributed by atoms with E-state index in [0.717, 1.165) is 18.5 Å². The molecule has 1 unspecified atom stereocenters. The molecule has 1 nitrogen and oxygen atoms in total. The monoisotopic (exact) mass is 102 g/mol. The third-order valence-corrected chi connectivity index (χ3v) is 1.47. The molecule has 1 rings (SSSR count). The van der Waals surface area contributed by atoms with E-state index in [1.165, 1.54) is 0 Å². The summed E-state index contributed by atoms with van der Waals surface area (Å²) in [5, 5.41) is 0.407. The third-order valence-electron chi connectivity index (χ3n) is 0.855. The van der Waals surface area contributed by atoms with Crippen molar-refractivity contribution >= 4 is 12.0 Å². The zero-order chi connectivity index (χ0) is 4.41. The minimum Gasteiger partial charge on any atom is -0.329 e. The summed E-state index contributed by atoms with van der Waals surface area (Å²) in [6.45, 7) is 0. The van der Waals surface area contributed by atoms with Gasteiger partial charge in [-0.1, -0.05) is 12.2 Å². The van der Waals surface area contributed by atoms with E-state index in [1.807, 2.05) is 12.2 Å². The van der Waals surface area contributed by atoms with Crippen molar-refractivity contribution in [3.05, 3.63) is 12.2 Å². The first-order valence-corrected chi connectivity index (χ1v) is 2.74. The van der Waals surface area contributed by atoms with Crippen LogP contribution in [-0.4, -0.2) is 9.80 Å². The summed E-state index contributed by atoms with van der Waals surface area (Å²) < 4.78 is 8.25. The van der Waals surface area contributed by atoms with Gasteiger partial charge in [0.2, 0.25) is 0 Å². The van der Waals surface area contributed by atoms with Gasteiger partial charge in [-0.15, -0.1) is 0 Å². The standard InChI is InChI=1S/C4H6OS/c5-6-4-2-1-3-4/h1-2,4-5H,3H2. The molecule has 34 valence electrons. The van der Waals surface area contributed by atoms with Gasteiger partial charge in [-0.25, -0.2) is 0 Å². The van der Waals surface area contributed by atoms with Gasteiger partial charge in [-0.05, 0) is 18.5 Å². The smallest absolute Gasteiger partial charge is 0.0522 e. The molecule has 2 heteroatoms. The maximum atomic E-state index is 8.25. The van der Waals surface area contributed by atoms with Crippen LogP contribution in [0.25, 0.3) is 0 Å². The molecule has 0 spiro atoms. The number of hydrogen-bond donors (Lipinski definition) is 1. The lowest BCUT2D eigenvalue weighted by atomic mass is 10.1. The van der Waals surface area contributed by atoms with E-state index < -0.39 is 0 Å². The van der Waals surface area contributed by atoms with Gasteiger partial charge in [0.05, 0.1) is 5.25 Å². The summed E-state index contributed by atoms with van der Waals surface area (Å²) in [5.74, 6) is 0. The second-order valence-electron chi connectivity index (χ2n) is 1.31. The molecule has 6 heavy (non-hydrogen) atoms. The van der Waals surface area contributed by atoms with Gasteiger partial charge in [0, 0.05) is 0 Å². The summed E-state index contributed by atoms with van der Waals surface area (Å²) in [6.07, 6.45) is 5.08. The molecular weight excluding hydrogens is 96.1 g/mol. The van der Waals surface area contributed by atoms with Crippen LogP contribution in [0.15, 0.2) is 12.2 Å². The molecule has 0 saturated carbocycles. The fourth-order valence-electron chi connectivity index (χ4n) is 0.325. The van der Waals surface area contributed by atoms with Crippen molar-refractivity contribution in [3.8, 4) is 0 Å². The minimum absolute atomic E-state index is 0.407. The maximum absolute atomic E-state index is 8.25. The van der Waals surface area contributed by atoms with Crippen LogP contribution in [0.5, 0.6) is 0 Å². The predicted molar refractivity (Wildman–Crippen MR) is 27.8 cm³/mol. The zero-order valence-corrected chi connectivity index (χ0v) is 4.11. The summed E-state index contributed by atoms with van der Waals surface area (Å²) in [6, 6.07) is 0. The minimum atomic E-state index is 0.407. The molecule has 1 aliphatic rings. The Bertz CT molecular complexity index is 69.9. The Balaban J connectivity index is 2.21. The van der Waals surface area contributed by atoms with E-state index in [9.17, 15) is 0 Å². The van der Waals surface area contributed by atoms with Crippen molar-refractivity contribution in [2.45, 2.75) is 11.7 Å². The van der Waals surface area contributed by atoms with Crippen LogP contribution in [-0.2, 0) is 0 Å². The summed E-state index contributed by atoms with van der Waals surface area (Å²) in [7, 11) is 0. The number of allylic oxidation sites excluding steroid dienone is 1. The topological polar surface area (TPSA) is 20.2 Å². The number of hydrogen-bond acceptors (Lipinski definition) is 2. The molecule has 1 N–H and O–H groups in total. The van der Waals surface area contributed by atoms with E-state index in [1.54, 1.807) is 0 Å². The van der Waals surface area contributed by atoms with Crippen molar-refractivity contribution in [1.82, 2.24) is 0 Å². The molecular formula is C4H6OS. The predicted octanol–water partition coefficient (Wildman–Crippen LogP) is 1.52. The van der Waals surface area contributed by atoms with Crippen LogP contribution in [0.1, 0.15) is 6.42 Å². The average molecular weight is 102 g/mol. The normalized spacial score (nSPS) is 29.8. The van der Waals surface area contributed by atoms with Gasteiger partial charge < -0.3 is 4.55 Å². The summed E-state index contributed by atoms with van der Waals surface area (Å²) in [4.78, 5) is 0. The van der Waals surface area contributed by atoms with Gasteiger partial charge in [-0.3, -0.25) is 0 Å². The molecule has 0 aromatic carbocycles. The highest BCUT2D eigenvalue weighted by Gasteiger charge is 2.07. The molecule has 0 fully saturated rings. The van der Waals surface area contributed by atoms with Gasteiger partial charge >= 0.3 is 0 Å². The SMILES string of the molecule is OSC1C=CC1. The van der Waals surface area contributed by atoms with Gasteiger partial charge in [0.15, 0.2) is 0 Å².